The number of rotatable bonds is 11. The number of hydrogen-bond acceptors (Lipinski definition) is 22. The van der Waals surface area contributed by atoms with Gasteiger partial charge in [0, 0.05) is 6.92 Å². The SMILES string of the molecule is CC(=O)Oc1ccccc1C(=O)O.C[C@H]1O[C@H](O[C@H]2[C@H](O)[C@@H](O)[C@@H](O[C@H]3[C@H](O)[C@@H](O)C(O)O[C@@H]3CO)O[C@@H]2CO)[C@H](O)[C@@H](O)[C@@H]1N[C@H]1C=C(CO)[C@@H](O)[C@H](O)[C@H]1O. The average molecular weight is 826 g/mol. The number of hydrogen-bond donors (Lipinski definition) is 15. The van der Waals surface area contributed by atoms with Crippen LogP contribution in [0.3, 0.4) is 0 Å². The number of aliphatic hydroxyl groups excluding tert-OH is 13. The number of aromatic carboxylic acids is 1. The van der Waals surface area contributed by atoms with Gasteiger partial charge < -0.3 is 105 Å². The summed E-state index contributed by atoms with van der Waals surface area (Å²) in [5.41, 5.74) is 0.00646. The minimum atomic E-state index is -1.93. The van der Waals surface area contributed by atoms with E-state index in [1.165, 1.54) is 32.1 Å². The molecule has 0 bridgehead atoms. The molecule has 1 aromatic carbocycles. The van der Waals surface area contributed by atoms with Crippen molar-refractivity contribution in [3.8, 4) is 5.75 Å². The molecule has 324 valence electrons. The third-order valence-electron chi connectivity index (χ3n) is 9.85. The molecule has 5 rings (SSSR count). The van der Waals surface area contributed by atoms with Crippen LogP contribution in [0.15, 0.2) is 35.9 Å². The van der Waals surface area contributed by atoms with E-state index in [1.54, 1.807) is 12.1 Å². The van der Waals surface area contributed by atoms with Crippen LogP contribution in [0.1, 0.15) is 24.2 Å². The summed E-state index contributed by atoms with van der Waals surface area (Å²) in [6, 6.07) is 3.81. The second kappa shape index (κ2) is 20.4. The van der Waals surface area contributed by atoms with Crippen LogP contribution in [0.25, 0.3) is 0 Å². The number of aliphatic hydroxyl groups is 13. The van der Waals surface area contributed by atoms with Crippen molar-refractivity contribution in [2.75, 3.05) is 19.8 Å². The first-order valence-corrected chi connectivity index (χ1v) is 17.7. The summed E-state index contributed by atoms with van der Waals surface area (Å²) in [7, 11) is 0. The lowest BCUT2D eigenvalue weighted by molar-refractivity contribution is -0.373. The smallest absolute Gasteiger partial charge is 0.339 e. The lowest BCUT2D eigenvalue weighted by Gasteiger charge is -2.48. The maximum atomic E-state index is 10.9. The van der Waals surface area contributed by atoms with Crippen molar-refractivity contribution in [3.63, 3.8) is 0 Å². The van der Waals surface area contributed by atoms with Gasteiger partial charge in [-0.1, -0.05) is 18.2 Å². The summed E-state index contributed by atoms with van der Waals surface area (Å²) in [6.45, 7) is 0.468. The van der Waals surface area contributed by atoms with Crippen molar-refractivity contribution in [2.24, 2.45) is 0 Å². The highest BCUT2D eigenvalue weighted by Crippen LogP contribution is 2.33. The number of carboxylic acid groups (broad SMARTS) is 1. The highest BCUT2D eigenvalue weighted by molar-refractivity contribution is 5.91. The quantitative estimate of drug-likeness (QED) is 0.0560. The largest absolute Gasteiger partial charge is 0.478 e. The van der Waals surface area contributed by atoms with Crippen molar-refractivity contribution >= 4 is 11.9 Å². The van der Waals surface area contributed by atoms with Gasteiger partial charge in [0.2, 0.25) is 0 Å². The molecule has 1 aliphatic carbocycles. The second-order valence-corrected chi connectivity index (χ2v) is 13.8. The van der Waals surface area contributed by atoms with Crippen LogP contribution in [0.4, 0.5) is 0 Å². The van der Waals surface area contributed by atoms with E-state index in [9.17, 15) is 76.0 Å². The molecule has 0 spiro atoms. The third kappa shape index (κ3) is 10.7. The molecular formula is C34H51NO22. The summed E-state index contributed by atoms with van der Waals surface area (Å²) < 4.78 is 32.1. The monoisotopic (exact) mass is 825 g/mol. The number of para-hydroxylation sites is 1. The number of ether oxygens (including phenoxy) is 6. The van der Waals surface area contributed by atoms with Gasteiger partial charge in [-0.15, -0.1) is 0 Å². The molecule has 19 atom stereocenters. The Hall–Kier alpha value is -2.86. The minimum Gasteiger partial charge on any atom is -0.478 e. The number of benzene rings is 1. The van der Waals surface area contributed by atoms with Gasteiger partial charge in [0.15, 0.2) is 18.9 Å². The molecule has 1 aromatic rings. The van der Waals surface area contributed by atoms with Gasteiger partial charge in [0.25, 0.3) is 0 Å². The van der Waals surface area contributed by atoms with Crippen LogP contribution >= 0.6 is 0 Å². The molecule has 4 aliphatic rings. The molecule has 23 heteroatoms. The Morgan fingerprint density at radius 3 is 1.81 bits per heavy atom. The molecule has 3 heterocycles. The number of carboxylic acids is 1. The van der Waals surface area contributed by atoms with E-state index in [2.05, 4.69) is 10.1 Å². The Labute approximate surface area is 324 Å². The standard InChI is InChI=1S/C25H43NO18.C9H8O4/c1-6-11(26-8-2-7(3-27)12(30)15(33)13(8)31)14(32)19(37)24(40-6)43-22-10(5-29)42-25(20(38)17(22)35)44-21-9(4-28)41-23(39)18(36)16(21)34;1-6(10)13-8-5-3-2-4-7(8)9(11)12/h2,6,8-39H,3-5H2,1H3;2-5H,1H3,(H,11,12)/t6-,8+,9-,10-,11-,12-,13+,14+,15+,16-,17-,18-,19-,20-,21-,22-,23?,24-,25-;/m1./s1. The minimum absolute atomic E-state index is 0.0160. The molecule has 23 nitrogen and oxygen atoms in total. The lowest BCUT2D eigenvalue weighted by atomic mass is 9.86. The zero-order chi connectivity index (χ0) is 42.5. The number of nitrogens with one attached hydrogen (secondary N) is 1. The van der Waals surface area contributed by atoms with Gasteiger partial charge in [0.05, 0.1) is 38.0 Å². The number of esters is 1. The normalized spacial score (nSPS) is 42.3. The van der Waals surface area contributed by atoms with E-state index in [1.807, 2.05) is 0 Å². The van der Waals surface area contributed by atoms with Gasteiger partial charge in [-0.25, -0.2) is 4.79 Å². The number of carbonyl (C=O) groups is 2. The van der Waals surface area contributed by atoms with Crippen LogP contribution in [0, 0.1) is 0 Å². The molecule has 3 aliphatic heterocycles. The first kappa shape index (κ1) is 46.8. The van der Waals surface area contributed by atoms with Crippen molar-refractivity contribution in [2.45, 2.75) is 130 Å². The summed E-state index contributed by atoms with van der Waals surface area (Å²) in [5.74, 6) is -1.58. The molecule has 1 unspecified atom stereocenters. The molecule has 0 saturated carbocycles. The van der Waals surface area contributed by atoms with Gasteiger partial charge in [0.1, 0.15) is 90.7 Å². The predicted molar refractivity (Wildman–Crippen MR) is 182 cm³/mol. The predicted octanol–water partition coefficient (Wildman–Crippen LogP) is -7.25. The molecule has 15 N–H and O–H groups in total. The third-order valence-corrected chi connectivity index (χ3v) is 9.85. The van der Waals surface area contributed by atoms with Crippen LogP contribution in [0.5, 0.6) is 5.75 Å². The van der Waals surface area contributed by atoms with Crippen molar-refractivity contribution < 1.29 is 110 Å². The zero-order valence-electron chi connectivity index (χ0n) is 30.5. The van der Waals surface area contributed by atoms with E-state index >= 15 is 0 Å². The van der Waals surface area contributed by atoms with Crippen LogP contribution in [-0.4, -0.2) is 220 Å². The zero-order valence-corrected chi connectivity index (χ0v) is 30.5. The molecule has 0 amide bonds. The van der Waals surface area contributed by atoms with E-state index < -0.39 is 148 Å². The molecule has 0 aromatic heterocycles. The van der Waals surface area contributed by atoms with Gasteiger partial charge in [-0.3, -0.25) is 4.79 Å². The van der Waals surface area contributed by atoms with Gasteiger partial charge in [-0.05, 0) is 24.6 Å². The topological polar surface area (TPSA) is 385 Å². The highest BCUT2D eigenvalue weighted by atomic mass is 16.7. The van der Waals surface area contributed by atoms with E-state index in [0.717, 1.165) is 0 Å². The molecular weight excluding hydrogens is 774 g/mol. The summed E-state index contributed by atoms with van der Waals surface area (Å²) >= 11 is 0. The maximum Gasteiger partial charge on any atom is 0.339 e. The van der Waals surface area contributed by atoms with Gasteiger partial charge in [-0.2, -0.15) is 0 Å². The molecule has 57 heavy (non-hydrogen) atoms. The summed E-state index contributed by atoms with van der Waals surface area (Å²) in [6.07, 6.45) is -26.6. The molecule has 3 fully saturated rings. The Balaban J connectivity index is 0.000000469. The fourth-order valence-electron chi connectivity index (χ4n) is 6.70. The number of carbonyl (C=O) groups excluding carboxylic acids is 1. The van der Waals surface area contributed by atoms with Crippen LogP contribution in [0.2, 0.25) is 0 Å². The maximum absolute atomic E-state index is 10.9. The fourth-order valence-corrected chi connectivity index (χ4v) is 6.70. The lowest BCUT2D eigenvalue weighted by Crippen LogP contribution is -2.68. The summed E-state index contributed by atoms with van der Waals surface area (Å²) in [4.78, 5) is 21.2. The van der Waals surface area contributed by atoms with Crippen molar-refractivity contribution in [1.29, 1.82) is 0 Å². The van der Waals surface area contributed by atoms with E-state index in [0.29, 0.717) is 0 Å². The Morgan fingerprint density at radius 2 is 1.25 bits per heavy atom. The Kier molecular flexibility index (Phi) is 16.8. The van der Waals surface area contributed by atoms with Crippen molar-refractivity contribution in [3.05, 3.63) is 41.5 Å². The highest BCUT2D eigenvalue weighted by Gasteiger charge is 2.53. The average Bonchev–Trinajstić information content (AvgIpc) is 3.18. The molecule has 0 radical (unpaired) electrons. The van der Waals surface area contributed by atoms with Crippen LogP contribution in [-0.2, 0) is 28.5 Å². The second-order valence-electron chi connectivity index (χ2n) is 13.8. The Morgan fingerprint density at radius 1 is 0.702 bits per heavy atom. The summed E-state index contributed by atoms with van der Waals surface area (Å²) in [5, 5.41) is 144. The first-order chi connectivity index (χ1) is 26.9. The van der Waals surface area contributed by atoms with E-state index in [4.69, 9.17) is 28.8 Å². The van der Waals surface area contributed by atoms with Crippen LogP contribution < -0.4 is 10.1 Å². The van der Waals surface area contributed by atoms with Crippen molar-refractivity contribution in [1.82, 2.24) is 5.32 Å². The van der Waals surface area contributed by atoms with E-state index in [-0.39, 0.29) is 16.9 Å². The molecule has 3 saturated heterocycles. The fraction of sp³-hybridized carbons (Fsp3) is 0.706. The first-order valence-electron chi connectivity index (χ1n) is 17.7. The Bertz CT molecular complexity index is 1500. The van der Waals surface area contributed by atoms with Gasteiger partial charge >= 0.3 is 11.9 Å².